The first-order valence-electron chi connectivity index (χ1n) is 12.0. The molecule has 1 fully saturated rings. The Hall–Kier alpha value is -3.26. The van der Waals surface area contributed by atoms with Gasteiger partial charge in [-0.05, 0) is 62.3 Å². The van der Waals surface area contributed by atoms with Gasteiger partial charge in [0.15, 0.2) is 0 Å². The van der Waals surface area contributed by atoms with Crippen molar-refractivity contribution in [3.05, 3.63) is 47.4 Å². The number of pyridine rings is 3. The second-order valence-electron chi connectivity index (χ2n) is 9.73. The number of hydrogen-bond donors (Lipinski definition) is 2. The fourth-order valence-electron chi connectivity index (χ4n) is 4.48. The minimum atomic E-state index is -0.535. The molecule has 1 aliphatic carbocycles. The standard InChI is InChI=1S/C26H31N5O3/c1-5-10-26(4,27)20-13-29-24(34-16-6-7-16)19-12-28-22(11-18(19)20)30-21-9-8-17-23(31-21)14(2)15(3)33-25(17)32/h8-9,11-16H,5-7,10,27H2,1-4H3,(H,28,30,31)/t14-,15-,26?/m0/s1. The van der Waals surface area contributed by atoms with Crippen LogP contribution in [0.3, 0.4) is 0 Å². The van der Waals surface area contributed by atoms with Gasteiger partial charge in [0, 0.05) is 23.9 Å². The van der Waals surface area contributed by atoms with Gasteiger partial charge < -0.3 is 20.5 Å². The van der Waals surface area contributed by atoms with E-state index in [1.165, 1.54) is 0 Å². The Bertz CT molecular complexity index is 1250. The average molecular weight is 462 g/mol. The van der Waals surface area contributed by atoms with E-state index in [9.17, 15) is 4.79 Å². The van der Waals surface area contributed by atoms with Crippen LogP contribution in [0, 0.1) is 0 Å². The molecular formula is C26H31N5O3. The van der Waals surface area contributed by atoms with Gasteiger partial charge in [0.25, 0.3) is 0 Å². The second-order valence-corrected chi connectivity index (χ2v) is 9.73. The van der Waals surface area contributed by atoms with Gasteiger partial charge in [-0.1, -0.05) is 20.3 Å². The van der Waals surface area contributed by atoms with Crippen molar-refractivity contribution in [3.8, 4) is 5.88 Å². The predicted molar refractivity (Wildman–Crippen MR) is 130 cm³/mol. The summed E-state index contributed by atoms with van der Waals surface area (Å²) in [6.45, 7) is 8.06. The van der Waals surface area contributed by atoms with E-state index in [1.54, 1.807) is 18.3 Å². The van der Waals surface area contributed by atoms with E-state index in [-0.39, 0.29) is 24.1 Å². The van der Waals surface area contributed by atoms with Crippen molar-refractivity contribution in [1.82, 2.24) is 15.0 Å². The average Bonchev–Trinajstić information content (AvgIpc) is 3.61. The van der Waals surface area contributed by atoms with Crippen LogP contribution in [0.1, 0.15) is 80.9 Å². The van der Waals surface area contributed by atoms with Crippen LogP contribution in [0.4, 0.5) is 11.6 Å². The highest BCUT2D eigenvalue weighted by Crippen LogP contribution is 2.37. The summed E-state index contributed by atoms with van der Waals surface area (Å²) >= 11 is 0. The van der Waals surface area contributed by atoms with Gasteiger partial charge in [-0.25, -0.2) is 19.7 Å². The highest BCUT2D eigenvalue weighted by molar-refractivity contribution is 5.93. The van der Waals surface area contributed by atoms with Crippen LogP contribution in [0.2, 0.25) is 0 Å². The number of esters is 1. The van der Waals surface area contributed by atoms with Crippen molar-refractivity contribution >= 4 is 28.4 Å². The largest absolute Gasteiger partial charge is 0.474 e. The molecule has 3 aromatic rings. The van der Waals surface area contributed by atoms with Crippen molar-refractivity contribution < 1.29 is 14.3 Å². The van der Waals surface area contributed by atoms with Gasteiger partial charge in [-0.3, -0.25) is 0 Å². The first kappa shape index (κ1) is 22.5. The van der Waals surface area contributed by atoms with Crippen molar-refractivity contribution in [1.29, 1.82) is 0 Å². The summed E-state index contributed by atoms with van der Waals surface area (Å²) in [6.07, 6.45) is 7.53. The Morgan fingerprint density at radius 2 is 1.97 bits per heavy atom. The minimum absolute atomic E-state index is 0.00538. The smallest absolute Gasteiger partial charge is 0.340 e. The maximum absolute atomic E-state index is 12.2. The molecular weight excluding hydrogens is 430 g/mol. The number of hydrogen-bond acceptors (Lipinski definition) is 8. The third-order valence-corrected chi connectivity index (χ3v) is 6.75. The van der Waals surface area contributed by atoms with Crippen LogP contribution in [0.15, 0.2) is 30.6 Å². The van der Waals surface area contributed by atoms with E-state index in [1.807, 2.05) is 33.0 Å². The number of cyclic esters (lactones) is 1. The lowest BCUT2D eigenvalue weighted by Gasteiger charge is -2.27. The van der Waals surface area contributed by atoms with Crippen LogP contribution in [0.25, 0.3) is 10.8 Å². The monoisotopic (exact) mass is 461 g/mol. The van der Waals surface area contributed by atoms with Crippen molar-refractivity contribution in [3.63, 3.8) is 0 Å². The van der Waals surface area contributed by atoms with Crippen molar-refractivity contribution in [2.24, 2.45) is 5.73 Å². The molecule has 0 radical (unpaired) electrons. The van der Waals surface area contributed by atoms with E-state index >= 15 is 0 Å². The molecule has 8 heteroatoms. The van der Waals surface area contributed by atoms with E-state index in [4.69, 9.17) is 20.2 Å². The van der Waals surface area contributed by atoms with Crippen molar-refractivity contribution in [2.75, 3.05) is 5.32 Å². The Labute approximate surface area is 199 Å². The zero-order valence-corrected chi connectivity index (χ0v) is 20.1. The molecule has 3 aromatic heterocycles. The predicted octanol–water partition coefficient (Wildman–Crippen LogP) is 4.95. The van der Waals surface area contributed by atoms with E-state index in [0.717, 1.165) is 47.7 Å². The number of carbonyl (C=O) groups excluding carboxylic acids is 1. The third-order valence-electron chi connectivity index (χ3n) is 6.75. The SMILES string of the molecule is CCCC(C)(N)c1cnc(OC2CC2)c2cnc(Nc3ccc4c(n3)[C@@H](C)[C@H](C)OC4=O)cc12. The van der Waals surface area contributed by atoms with Crippen LogP contribution in [-0.4, -0.2) is 33.1 Å². The van der Waals surface area contributed by atoms with Crippen molar-refractivity contribution in [2.45, 2.75) is 77.0 Å². The van der Waals surface area contributed by atoms with Crippen LogP contribution >= 0.6 is 0 Å². The molecule has 1 saturated carbocycles. The van der Waals surface area contributed by atoms with Gasteiger partial charge >= 0.3 is 5.97 Å². The Balaban J connectivity index is 1.54. The number of aromatic nitrogens is 3. The molecule has 0 amide bonds. The molecule has 0 aromatic carbocycles. The first-order valence-corrected chi connectivity index (χ1v) is 12.0. The molecule has 0 spiro atoms. The summed E-state index contributed by atoms with van der Waals surface area (Å²) in [6, 6.07) is 5.51. The third kappa shape index (κ3) is 4.18. The fourth-order valence-corrected chi connectivity index (χ4v) is 4.48. The molecule has 1 unspecified atom stereocenters. The molecule has 3 atom stereocenters. The van der Waals surface area contributed by atoms with Gasteiger partial charge in [-0.2, -0.15) is 0 Å². The number of nitrogens with zero attached hydrogens (tertiary/aromatic N) is 3. The molecule has 34 heavy (non-hydrogen) atoms. The summed E-state index contributed by atoms with van der Waals surface area (Å²) in [4.78, 5) is 26.2. The normalized spacial score (nSPS) is 21.5. The maximum Gasteiger partial charge on any atom is 0.340 e. The second kappa shape index (κ2) is 8.51. The number of rotatable bonds is 7. The molecule has 4 heterocycles. The summed E-state index contributed by atoms with van der Waals surface area (Å²) in [5, 5.41) is 5.12. The lowest BCUT2D eigenvalue weighted by atomic mass is 9.87. The van der Waals surface area contributed by atoms with E-state index in [2.05, 4.69) is 22.2 Å². The van der Waals surface area contributed by atoms with Crippen LogP contribution in [-0.2, 0) is 10.3 Å². The number of fused-ring (bicyclic) bond motifs is 2. The molecule has 0 bridgehead atoms. The topological polar surface area (TPSA) is 112 Å². The highest BCUT2D eigenvalue weighted by Gasteiger charge is 2.32. The molecule has 178 valence electrons. The Kier molecular flexibility index (Phi) is 5.64. The molecule has 5 rings (SSSR count). The lowest BCUT2D eigenvalue weighted by Crippen LogP contribution is -2.33. The summed E-state index contributed by atoms with van der Waals surface area (Å²) < 4.78 is 11.4. The number of nitrogens with two attached hydrogens (primary N) is 1. The maximum atomic E-state index is 12.2. The van der Waals surface area contributed by atoms with Gasteiger partial charge in [0.2, 0.25) is 5.88 Å². The van der Waals surface area contributed by atoms with Gasteiger partial charge in [-0.15, -0.1) is 0 Å². The first-order chi connectivity index (χ1) is 16.3. The minimum Gasteiger partial charge on any atom is -0.474 e. The van der Waals surface area contributed by atoms with Crippen LogP contribution in [0.5, 0.6) is 5.88 Å². The number of nitrogens with one attached hydrogen (secondary N) is 1. The number of anilines is 2. The molecule has 8 nitrogen and oxygen atoms in total. The van der Waals surface area contributed by atoms with Crippen LogP contribution < -0.4 is 15.8 Å². The Morgan fingerprint density at radius 1 is 1.18 bits per heavy atom. The molecule has 1 aliphatic heterocycles. The zero-order valence-electron chi connectivity index (χ0n) is 20.1. The molecule has 2 aliphatic rings. The number of carbonyl (C=O) groups is 1. The van der Waals surface area contributed by atoms with E-state index in [0.29, 0.717) is 23.1 Å². The summed E-state index contributed by atoms with van der Waals surface area (Å²) in [5.41, 5.74) is 8.39. The quantitative estimate of drug-likeness (QED) is 0.476. The Morgan fingerprint density at radius 3 is 2.71 bits per heavy atom. The molecule has 3 N–H and O–H groups in total. The van der Waals surface area contributed by atoms with Gasteiger partial charge in [0.05, 0.1) is 16.6 Å². The molecule has 0 saturated heterocycles. The van der Waals surface area contributed by atoms with E-state index < -0.39 is 5.54 Å². The lowest BCUT2D eigenvalue weighted by molar-refractivity contribution is 0.0235. The zero-order chi connectivity index (χ0) is 24.0. The summed E-state index contributed by atoms with van der Waals surface area (Å²) in [7, 11) is 0. The number of ether oxygens (including phenoxy) is 2. The summed E-state index contributed by atoms with van der Waals surface area (Å²) in [5.74, 6) is 1.53. The fraction of sp³-hybridized carbons (Fsp3) is 0.462. The highest BCUT2D eigenvalue weighted by atomic mass is 16.5. The van der Waals surface area contributed by atoms with Gasteiger partial charge in [0.1, 0.15) is 23.8 Å².